The van der Waals surface area contributed by atoms with E-state index in [-0.39, 0.29) is 0 Å². The van der Waals surface area contributed by atoms with Gasteiger partial charge in [-0.25, -0.2) is 0 Å². The van der Waals surface area contributed by atoms with Crippen LogP contribution in [-0.4, -0.2) is 7.11 Å². The summed E-state index contributed by atoms with van der Waals surface area (Å²) in [7, 11) is 1.67. The normalized spacial score (nSPS) is 10.1. The van der Waals surface area contributed by atoms with E-state index in [1.165, 1.54) is 5.56 Å². The fourth-order valence-corrected chi connectivity index (χ4v) is 2.58. The molecule has 0 radical (unpaired) electrons. The fraction of sp³-hybridized carbons (Fsp3) is 0.167. The van der Waals surface area contributed by atoms with Gasteiger partial charge in [0.15, 0.2) is 0 Å². The highest BCUT2D eigenvalue weighted by Crippen LogP contribution is 2.27. The number of rotatable bonds is 4. The predicted octanol–water partition coefficient (Wildman–Crippen LogP) is 4.13. The van der Waals surface area contributed by atoms with Crippen LogP contribution in [0.2, 0.25) is 0 Å². The van der Waals surface area contributed by atoms with Crippen LogP contribution in [-0.2, 0) is 6.54 Å². The van der Waals surface area contributed by atoms with Gasteiger partial charge in [0.05, 0.1) is 11.6 Å². The van der Waals surface area contributed by atoms with Crippen LogP contribution in [0.1, 0.15) is 5.56 Å². The number of hydrogen-bond acceptors (Lipinski definition) is 3. The zero-order valence-corrected chi connectivity index (χ0v) is 11.3. The quantitative estimate of drug-likeness (QED) is 0.916. The van der Waals surface area contributed by atoms with Gasteiger partial charge in [-0.1, -0.05) is 0 Å². The number of ether oxygens (including phenoxy) is 1. The molecule has 0 aliphatic rings. The van der Waals surface area contributed by atoms with Crippen molar-refractivity contribution in [1.82, 2.24) is 0 Å². The zero-order valence-electron chi connectivity index (χ0n) is 8.87. The van der Waals surface area contributed by atoms with E-state index in [1.54, 1.807) is 18.4 Å². The minimum atomic E-state index is 0.848. The molecule has 0 atom stereocenters. The van der Waals surface area contributed by atoms with Gasteiger partial charge in [-0.2, -0.15) is 11.3 Å². The molecule has 16 heavy (non-hydrogen) atoms. The lowest BCUT2D eigenvalue weighted by molar-refractivity contribution is 0.412. The lowest BCUT2D eigenvalue weighted by Gasteiger charge is -2.08. The minimum absolute atomic E-state index is 0.848. The van der Waals surface area contributed by atoms with Crippen LogP contribution in [0.3, 0.4) is 0 Å². The first kappa shape index (κ1) is 11.5. The maximum absolute atomic E-state index is 5.18. The number of anilines is 1. The van der Waals surface area contributed by atoms with E-state index in [0.29, 0.717) is 0 Å². The molecule has 0 saturated heterocycles. The monoisotopic (exact) mass is 297 g/mol. The molecule has 2 rings (SSSR count). The molecule has 0 amide bonds. The van der Waals surface area contributed by atoms with Crippen molar-refractivity contribution >= 4 is 33.0 Å². The van der Waals surface area contributed by atoms with Gasteiger partial charge in [0, 0.05) is 12.2 Å². The highest BCUT2D eigenvalue weighted by atomic mass is 79.9. The van der Waals surface area contributed by atoms with Crippen molar-refractivity contribution < 1.29 is 4.74 Å². The third-order valence-electron chi connectivity index (χ3n) is 2.23. The zero-order chi connectivity index (χ0) is 11.4. The summed E-state index contributed by atoms with van der Waals surface area (Å²) in [5.41, 5.74) is 2.39. The Morgan fingerprint density at radius 2 is 2.25 bits per heavy atom. The standard InChI is InChI=1S/C12H12BrNOS/c1-15-12-3-2-10(6-11(12)13)14-7-9-4-5-16-8-9/h2-6,8,14H,7H2,1H3. The van der Waals surface area contributed by atoms with Gasteiger partial charge < -0.3 is 10.1 Å². The summed E-state index contributed by atoms with van der Waals surface area (Å²) in [6, 6.07) is 8.09. The molecular formula is C12H12BrNOS. The Morgan fingerprint density at radius 1 is 1.38 bits per heavy atom. The van der Waals surface area contributed by atoms with Crippen LogP contribution >= 0.6 is 27.3 Å². The molecule has 4 heteroatoms. The molecule has 0 spiro atoms. The number of halogens is 1. The van der Waals surface area contributed by atoms with Gasteiger partial charge in [0.2, 0.25) is 0 Å². The minimum Gasteiger partial charge on any atom is -0.496 e. The van der Waals surface area contributed by atoms with E-state index >= 15 is 0 Å². The van der Waals surface area contributed by atoms with Crippen LogP contribution in [0.5, 0.6) is 5.75 Å². The Labute approximate surface area is 107 Å². The number of methoxy groups -OCH3 is 1. The van der Waals surface area contributed by atoms with Crippen molar-refractivity contribution in [1.29, 1.82) is 0 Å². The van der Waals surface area contributed by atoms with E-state index in [9.17, 15) is 0 Å². The van der Waals surface area contributed by atoms with Crippen molar-refractivity contribution in [2.75, 3.05) is 12.4 Å². The molecule has 1 aromatic carbocycles. The average molecular weight is 298 g/mol. The van der Waals surface area contributed by atoms with Gasteiger partial charge in [-0.3, -0.25) is 0 Å². The Hall–Kier alpha value is -1.00. The van der Waals surface area contributed by atoms with E-state index < -0.39 is 0 Å². The topological polar surface area (TPSA) is 21.3 Å². The van der Waals surface area contributed by atoms with E-state index in [1.807, 2.05) is 18.2 Å². The number of benzene rings is 1. The summed E-state index contributed by atoms with van der Waals surface area (Å²) in [6.45, 7) is 0.849. The molecule has 0 bridgehead atoms. The molecule has 0 unspecified atom stereocenters. The lowest BCUT2D eigenvalue weighted by Crippen LogP contribution is -1.98. The van der Waals surface area contributed by atoms with Gasteiger partial charge in [0.25, 0.3) is 0 Å². The summed E-state index contributed by atoms with van der Waals surface area (Å²) < 4.78 is 6.14. The first-order chi connectivity index (χ1) is 7.79. The van der Waals surface area contributed by atoms with Gasteiger partial charge in [0.1, 0.15) is 5.75 Å². The van der Waals surface area contributed by atoms with Crippen LogP contribution in [0.15, 0.2) is 39.5 Å². The third-order valence-corrected chi connectivity index (χ3v) is 3.58. The summed E-state index contributed by atoms with van der Waals surface area (Å²) in [5, 5.41) is 7.59. The average Bonchev–Trinajstić information content (AvgIpc) is 2.79. The van der Waals surface area contributed by atoms with Crippen LogP contribution in [0, 0.1) is 0 Å². The second kappa shape index (κ2) is 5.37. The first-order valence-electron chi connectivity index (χ1n) is 4.88. The summed E-state index contributed by atoms with van der Waals surface area (Å²) >= 11 is 5.18. The van der Waals surface area contributed by atoms with Crippen molar-refractivity contribution in [3.05, 3.63) is 45.1 Å². The summed E-state index contributed by atoms with van der Waals surface area (Å²) in [4.78, 5) is 0. The van der Waals surface area contributed by atoms with Crippen LogP contribution in [0.25, 0.3) is 0 Å². The van der Waals surface area contributed by atoms with Crippen molar-refractivity contribution in [3.8, 4) is 5.75 Å². The number of hydrogen-bond donors (Lipinski definition) is 1. The largest absolute Gasteiger partial charge is 0.496 e. The second-order valence-corrected chi connectivity index (χ2v) is 4.97. The molecule has 2 nitrogen and oxygen atoms in total. The molecule has 1 aromatic heterocycles. The van der Waals surface area contributed by atoms with E-state index in [0.717, 1.165) is 22.5 Å². The van der Waals surface area contributed by atoms with Crippen molar-refractivity contribution in [2.45, 2.75) is 6.54 Å². The lowest BCUT2D eigenvalue weighted by atomic mass is 10.3. The Bertz CT molecular complexity index is 456. The maximum Gasteiger partial charge on any atom is 0.133 e. The van der Waals surface area contributed by atoms with E-state index in [2.05, 4.69) is 38.1 Å². The smallest absolute Gasteiger partial charge is 0.133 e. The van der Waals surface area contributed by atoms with Gasteiger partial charge >= 0.3 is 0 Å². The molecule has 2 aromatic rings. The van der Waals surface area contributed by atoms with Crippen molar-refractivity contribution in [2.24, 2.45) is 0 Å². The predicted molar refractivity (Wildman–Crippen MR) is 72.3 cm³/mol. The molecule has 0 saturated carbocycles. The molecule has 84 valence electrons. The summed E-state index contributed by atoms with van der Waals surface area (Å²) in [5.74, 6) is 0.848. The molecule has 0 aliphatic carbocycles. The summed E-state index contributed by atoms with van der Waals surface area (Å²) in [6.07, 6.45) is 0. The number of thiophene rings is 1. The molecular weight excluding hydrogens is 286 g/mol. The van der Waals surface area contributed by atoms with E-state index in [4.69, 9.17) is 4.74 Å². The third kappa shape index (κ3) is 2.77. The van der Waals surface area contributed by atoms with Crippen molar-refractivity contribution in [3.63, 3.8) is 0 Å². The SMILES string of the molecule is COc1ccc(NCc2ccsc2)cc1Br. The molecule has 0 aliphatic heterocycles. The highest BCUT2D eigenvalue weighted by Gasteiger charge is 2.01. The molecule has 1 heterocycles. The fourth-order valence-electron chi connectivity index (χ4n) is 1.37. The Balaban J connectivity index is 2.02. The second-order valence-electron chi connectivity index (χ2n) is 3.33. The van der Waals surface area contributed by atoms with Gasteiger partial charge in [-0.05, 0) is 56.5 Å². The number of nitrogens with one attached hydrogen (secondary N) is 1. The molecule has 1 N–H and O–H groups in total. The Morgan fingerprint density at radius 3 is 2.88 bits per heavy atom. The van der Waals surface area contributed by atoms with Gasteiger partial charge in [-0.15, -0.1) is 0 Å². The highest BCUT2D eigenvalue weighted by molar-refractivity contribution is 9.10. The van der Waals surface area contributed by atoms with Crippen LogP contribution in [0.4, 0.5) is 5.69 Å². The first-order valence-corrected chi connectivity index (χ1v) is 6.61. The molecule has 0 fully saturated rings. The van der Waals surface area contributed by atoms with Crippen LogP contribution < -0.4 is 10.1 Å². The Kier molecular flexibility index (Phi) is 3.85. The maximum atomic E-state index is 5.18.